The summed E-state index contributed by atoms with van der Waals surface area (Å²) < 4.78 is 2.13. The fourth-order valence-electron chi connectivity index (χ4n) is 2.98. The molecule has 4 heteroatoms. The summed E-state index contributed by atoms with van der Waals surface area (Å²) in [6.07, 6.45) is 1.12. The summed E-state index contributed by atoms with van der Waals surface area (Å²) in [6, 6.07) is 6.64. The molecule has 0 saturated heterocycles. The van der Waals surface area contributed by atoms with E-state index in [1.165, 1.54) is 28.1 Å². The van der Waals surface area contributed by atoms with Crippen molar-refractivity contribution in [2.75, 3.05) is 19.0 Å². The highest BCUT2D eigenvalue weighted by atomic mass is 15.3. The maximum absolute atomic E-state index is 4.65. The minimum absolute atomic E-state index is 0.863. The summed E-state index contributed by atoms with van der Waals surface area (Å²) in [7, 11) is 4.20. The predicted octanol–water partition coefficient (Wildman–Crippen LogP) is 3.57. The number of aromatic nitrogens is 2. The van der Waals surface area contributed by atoms with Crippen LogP contribution in [-0.4, -0.2) is 23.9 Å². The highest BCUT2D eigenvalue weighted by Gasteiger charge is 2.11. The second-order valence-electron chi connectivity index (χ2n) is 6.50. The molecule has 126 valence electrons. The van der Waals surface area contributed by atoms with Crippen LogP contribution in [0.1, 0.15) is 41.4 Å². The Bertz CT molecular complexity index is 656. The normalized spacial score (nSPS) is 11.0. The Hall–Kier alpha value is -1.81. The van der Waals surface area contributed by atoms with E-state index in [1.54, 1.807) is 0 Å². The molecule has 2 rings (SSSR count). The van der Waals surface area contributed by atoms with E-state index in [0.29, 0.717) is 0 Å². The molecule has 0 saturated carbocycles. The van der Waals surface area contributed by atoms with Gasteiger partial charge in [-0.1, -0.05) is 19.1 Å². The fourth-order valence-corrected chi connectivity index (χ4v) is 2.98. The van der Waals surface area contributed by atoms with Crippen LogP contribution in [0, 0.1) is 20.8 Å². The van der Waals surface area contributed by atoms with Gasteiger partial charge in [0, 0.05) is 50.7 Å². The summed E-state index contributed by atoms with van der Waals surface area (Å²) in [5.41, 5.74) is 7.67. The van der Waals surface area contributed by atoms with Crippen molar-refractivity contribution in [3.63, 3.8) is 0 Å². The number of hydrogen-bond donors (Lipinski definition) is 1. The molecule has 1 aromatic heterocycles. The lowest BCUT2D eigenvalue weighted by molar-refractivity contribution is 0.581. The number of nitrogens with zero attached hydrogens (tertiary/aromatic N) is 3. The van der Waals surface area contributed by atoms with E-state index < -0.39 is 0 Å². The highest BCUT2D eigenvalue weighted by Crippen LogP contribution is 2.20. The number of rotatable bonds is 7. The van der Waals surface area contributed by atoms with E-state index in [4.69, 9.17) is 0 Å². The van der Waals surface area contributed by atoms with Crippen LogP contribution in [0.5, 0.6) is 0 Å². The lowest BCUT2D eigenvalue weighted by atomic mass is 10.1. The van der Waals surface area contributed by atoms with Crippen LogP contribution in [-0.2, 0) is 19.6 Å². The predicted molar refractivity (Wildman–Crippen MR) is 98.0 cm³/mol. The van der Waals surface area contributed by atoms with Crippen LogP contribution in [0.3, 0.4) is 0 Å². The molecule has 0 atom stereocenters. The molecule has 0 unspecified atom stereocenters. The Kier molecular flexibility index (Phi) is 5.83. The molecule has 1 aromatic carbocycles. The molecule has 0 aliphatic heterocycles. The van der Waals surface area contributed by atoms with Gasteiger partial charge in [0.15, 0.2) is 0 Å². The standard InChI is InChI=1S/C19H30N4/c1-7-10-23-16(4)18(15(3)21-23)13-20-12-17-9-8-14(2)11-19(17)22(5)6/h8-9,11,20H,7,10,12-13H2,1-6H3. The first-order valence-corrected chi connectivity index (χ1v) is 8.44. The zero-order valence-electron chi connectivity index (χ0n) is 15.4. The maximum atomic E-state index is 4.65. The topological polar surface area (TPSA) is 33.1 Å². The molecule has 1 heterocycles. The van der Waals surface area contributed by atoms with Crippen molar-refractivity contribution < 1.29 is 0 Å². The smallest absolute Gasteiger partial charge is 0.0641 e. The van der Waals surface area contributed by atoms with Crippen LogP contribution in [0.25, 0.3) is 0 Å². The number of benzene rings is 1. The minimum Gasteiger partial charge on any atom is -0.377 e. The molecule has 0 aliphatic carbocycles. The molecule has 4 nitrogen and oxygen atoms in total. The average Bonchev–Trinajstić information content (AvgIpc) is 2.76. The molecule has 0 fully saturated rings. The van der Waals surface area contributed by atoms with E-state index in [-0.39, 0.29) is 0 Å². The number of hydrogen-bond acceptors (Lipinski definition) is 3. The van der Waals surface area contributed by atoms with Gasteiger partial charge in [0.2, 0.25) is 0 Å². The Morgan fingerprint density at radius 1 is 1.13 bits per heavy atom. The third kappa shape index (κ3) is 4.14. The lowest BCUT2D eigenvalue weighted by Gasteiger charge is -2.18. The zero-order valence-corrected chi connectivity index (χ0v) is 15.4. The van der Waals surface area contributed by atoms with Gasteiger partial charge >= 0.3 is 0 Å². The Morgan fingerprint density at radius 3 is 2.52 bits per heavy atom. The van der Waals surface area contributed by atoms with E-state index in [2.05, 4.69) is 80.0 Å². The summed E-state index contributed by atoms with van der Waals surface area (Å²) in [5.74, 6) is 0. The van der Waals surface area contributed by atoms with Gasteiger partial charge in [-0.2, -0.15) is 5.10 Å². The van der Waals surface area contributed by atoms with Crippen molar-refractivity contribution in [1.29, 1.82) is 0 Å². The van der Waals surface area contributed by atoms with Crippen molar-refractivity contribution in [2.45, 2.75) is 53.8 Å². The number of aryl methyl sites for hydroxylation is 3. The summed E-state index contributed by atoms with van der Waals surface area (Å²) in [6.45, 7) is 11.3. The lowest BCUT2D eigenvalue weighted by Crippen LogP contribution is -2.18. The van der Waals surface area contributed by atoms with Crippen molar-refractivity contribution >= 4 is 5.69 Å². The first-order chi connectivity index (χ1) is 10.9. The van der Waals surface area contributed by atoms with Gasteiger partial charge < -0.3 is 10.2 Å². The van der Waals surface area contributed by atoms with Crippen molar-refractivity contribution in [3.8, 4) is 0 Å². The number of anilines is 1. The molecule has 0 amide bonds. The largest absolute Gasteiger partial charge is 0.377 e. The highest BCUT2D eigenvalue weighted by molar-refractivity contribution is 5.54. The Morgan fingerprint density at radius 2 is 1.87 bits per heavy atom. The molecule has 2 aromatic rings. The van der Waals surface area contributed by atoms with E-state index in [0.717, 1.165) is 31.7 Å². The molecule has 1 N–H and O–H groups in total. The van der Waals surface area contributed by atoms with Crippen molar-refractivity contribution in [3.05, 3.63) is 46.3 Å². The van der Waals surface area contributed by atoms with Gasteiger partial charge in [0.05, 0.1) is 5.69 Å². The van der Waals surface area contributed by atoms with Crippen LogP contribution in [0.15, 0.2) is 18.2 Å². The fraction of sp³-hybridized carbons (Fsp3) is 0.526. The molecular weight excluding hydrogens is 284 g/mol. The first kappa shape index (κ1) is 17.5. The third-order valence-electron chi connectivity index (χ3n) is 4.31. The quantitative estimate of drug-likeness (QED) is 0.848. The van der Waals surface area contributed by atoms with E-state index in [9.17, 15) is 0 Å². The van der Waals surface area contributed by atoms with E-state index in [1.807, 2.05) is 0 Å². The summed E-state index contributed by atoms with van der Waals surface area (Å²) >= 11 is 0. The molecule has 0 spiro atoms. The second-order valence-corrected chi connectivity index (χ2v) is 6.50. The summed E-state index contributed by atoms with van der Waals surface area (Å²) in [5, 5.41) is 8.24. The van der Waals surface area contributed by atoms with Crippen LogP contribution >= 0.6 is 0 Å². The SMILES string of the molecule is CCCn1nc(C)c(CNCc2ccc(C)cc2N(C)C)c1C. The molecule has 23 heavy (non-hydrogen) atoms. The molecule has 0 radical (unpaired) electrons. The van der Waals surface area contributed by atoms with E-state index >= 15 is 0 Å². The first-order valence-electron chi connectivity index (χ1n) is 8.44. The maximum Gasteiger partial charge on any atom is 0.0641 e. The monoisotopic (exact) mass is 314 g/mol. The summed E-state index contributed by atoms with van der Waals surface area (Å²) in [4.78, 5) is 2.18. The van der Waals surface area contributed by atoms with Crippen molar-refractivity contribution in [2.24, 2.45) is 0 Å². The molecule has 0 aliphatic rings. The van der Waals surface area contributed by atoms with Crippen LogP contribution < -0.4 is 10.2 Å². The average molecular weight is 314 g/mol. The minimum atomic E-state index is 0.863. The van der Waals surface area contributed by atoms with Gasteiger partial charge in [-0.05, 0) is 44.4 Å². The van der Waals surface area contributed by atoms with Gasteiger partial charge in [-0.15, -0.1) is 0 Å². The Balaban J connectivity index is 2.06. The zero-order chi connectivity index (χ0) is 17.0. The molecule has 0 bridgehead atoms. The number of nitrogens with one attached hydrogen (secondary N) is 1. The molecular formula is C19H30N4. The Labute approximate surface area is 140 Å². The third-order valence-corrected chi connectivity index (χ3v) is 4.31. The second kappa shape index (κ2) is 7.64. The van der Waals surface area contributed by atoms with Gasteiger partial charge in [0.25, 0.3) is 0 Å². The van der Waals surface area contributed by atoms with Crippen molar-refractivity contribution in [1.82, 2.24) is 15.1 Å². The van der Waals surface area contributed by atoms with Gasteiger partial charge in [-0.3, -0.25) is 4.68 Å². The van der Waals surface area contributed by atoms with Gasteiger partial charge in [-0.25, -0.2) is 0 Å². The van der Waals surface area contributed by atoms with Crippen LogP contribution in [0.4, 0.5) is 5.69 Å². The van der Waals surface area contributed by atoms with Gasteiger partial charge in [0.1, 0.15) is 0 Å². The van der Waals surface area contributed by atoms with Crippen LogP contribution in [0.2, 0.25) is 0 Å².